The van der Waals surface area contributed by atoms with E-state index in [-0.39, 0.29) is 5.41 Å². The summed E-state index contributed by atoms with van der Waals surface area (Å²) >= 11 is 14.1. The second-order valence-electron chi connectivity index (χ2n) is 8.98. The first-order chi connectivity index (χ1) is 16.2. The Balaban J connectivity index is 1.69. The molecule has 0 saturated heterocycles. The van der Waals surface area contributed by atoms with Gasteiger partial charge in [-0.1, -0.05) is 91.7 Å². The molecule has 0 atom stereocenters. The van der Waals surface area contributed by atoms with Crippen LogP contribution in [0.15, 0.2) is 66.7 Å². The SMILES string of the molecule is CCOc1cccc(-c2nnc(N(Cc3ccc(C(C)(C)C)cc3)c3ccc(Cl)c(Cl)c3)s2)c1. The Hall–Kier alpha value is -2.60. The van der Waals surface area contributed by atoms with Crippen molar-refractivity contribution >= 4 is 45.4 Å². The lowest BCUT2D eigenvalue weighted by atomic mass is 9.87. The number of aromatic nitrogens is 2. The molecule has 34 heavy (non-hydrogen) atoms. The van der Waals surface area contributed by atoms with Crippen molar-refractivity contribution in [2.75, 3.05) is 11.5 Å². The van der Waals surface area contributed by atoms with Gasteiger partial charge in [-0.15, -0.1) is 10.2 Å². The quantitative estimate of drug-likeness (QED) is 0.249. The molecule has 0 radical (unpaired) electrons. The Labute approximate surface area is 215 Å². The van der Waals surface area contributed by atoms with Crippen molar-refractivity contribution in [1.82, 2.24) is 10.2 Å². The van der Waals surface area contributed by atoms with E-state index in [0.717, 1.165) is 32.7 Å². The Morgan fingerprint density at radius 3 is 2.35 bits per heavy atom. The van der Waals surface area contributed by atoms with Crippen molar-refractivity contribution in [3.63, 3.8) is 0 Å². The maximum atomic E-state index is 6.36. The first-order valence-corrected chi connectivity index (χ1v) is 12.7. The Morgan fingerprint density at radius 1 is 0.912 bits per heavy atom. The summed E-state index contributed by atoms with van der Waals surface area (Å²) in [5.74, 6) is 0.817. The van der Waals surface area contributed by atoms with Crippen molar-refractivity contribution in [2.24, 2.45) is 0 Å². The van der Waals surface area contributed by atoms with Gasteiger partial charge in [0.15, 0.2) is 0 Å². The van der Waals surface area contributed by atoms with Crippen LogP contribution < -0.4 is 9.64 Å². The topological polar surface area (TPSA) is 38.3 Å². The highest BCUT2D eigenvalue weighted by Crippen LogP contribution is 2.37. The van der Waals surface area contributed by atoms with E-state index in [1.165, 1.54) is 16.9 Å². The summed E-state index contributed by atoms with van der Waals surface area (Å²) in [5.41, 5.74) is 4.43. The number of nitrogens with zero attached hydrogens (tertiary/aromatic N) is 3. The lowest BCUT2D eigenvalue weighted by Gasteiger charge is -2.23. The van der Waals surface area contributed by atoms with Crippen LogP contribution in [0.25, 0.3) is 10.6 Å². The molecular weight excluding hydrogens is 485 g/mol. The Morgan fingerprint density at radius 2 is 1.68 bits per heavy atom. The molecule has 0 amide bonds. The molecule has 0 aliphatic rings. The third kappa shape index (κ3) is 5.72. The standard InChI is InChI=1S/C27H27Cl2N3OS/c1-5-33-22-8-6-7-19(15-22)25-30-31-26(34-25)32(21-13-14-23(28)24(29)16-21)17-18-9-11-20(12-10-18)27(2,3)4/h6-16H,5,17H2,1-4H3. The van der Waals surface area contributed by atoms with Crippen LogP contribution in [0.2, 0.25) is 10.0 Å². The second-order valence-corrected chi connectivity index (χ2v) is 10.8. The van der Waals surface area contributed by atoms with Crippen molar-refractivity contribution in [3.8, 4) is 16.3 Å². The van der Waals surface area contributed by atoms with Gasteiger partial charge in [0.1, 0.15) is 10.8 Å². The highest BCUT2D eigenvalue weighted by atomic mass is 35.5. The molecule has 1 heterocycles. The summed E-state index contributed by atoms with van der Waals surface area (Å²) in [6.07, 6.45) is 0. The van der Waals surface area contributed by atoms with Gasteiger partial charge in [-0.25, -0.2) is 0 Å². The number of benzene rings is 3. The van der Waals surface area contributed by atoms with Gasteiger partial charge >= 0.3 is 0 Å². The van der Waals surface area contributed by atoms with Crippen LogP contribution in [0.4, 0.5) is 10.8 Å². The van der Waals surface area contributed by atoms with Gasteiger partial charge in [0.05, 0.1) is 23.2 Å². The zero-order valence-electron chi connectivity index (χ0n) is 19.7. The third-order valence-corrected chi connectivity index (χ3v) is 7.15. The predicted octanol–water partition coefficient (Wildman–Crippen LogP) is 8.55. The van der Waals surface area contributed by atoms with Crippen LogP contribution >= 0.6 is 34.5 Å². The highest BCUT2D eigenvalue weighted by molar-refractivity contribution is 7.18. The zero-order chi connectivity index (χ0) is 24.3. The minimum absolute atomic E-state index is 0.103. The number of rotatable bonds is 7. The third-order valence-electron chi connectivity index (χ3n) is 5.41. The summed E-state index contributed by atoms with van der Waals surface area (Å²) in [4.78, 5) is 2.11. The highest BCUT2D eigenvalue weighted by Gasteiger charge is 2.19. The first-order valence-electron chi connectivity index (χ1n) is 11.1. The van der Waals surface area contributed by atoms with Gasteiger partial charge in [0, 0.05) is 11.3 Å². The fraction of sp³-hybridized carbons (Fsp3) is 0.259. The molecule has 0 aliphatic carbocycles. The molecule has 0 spiro atoms. The fourth-order valence-electron chi connectivity index (χ4n) is 3.54. The summed E-state index contributed by atoms with van der Waals surface area (Å²) in [7, 11) is 0. The van der Waals surface area contributed by atoms with Crippen LogP contribution in [0, 0.1) is 0 Å². The number of ether oxygens (including phenoxy) is 1. The number of hydrogen-bond donors (Lipinski definition) is 0. The van der Waals surface area contributed by atoms with Crippen molar-refractivity contribution < 1.29 is 4.74 Å². The number of anilines is 2. The Bertz CT molecular complexity index is 1270. The zero-order valence-corrected chi connectivity index (χ0v) is 22.0. The smallest absolute Gasteiger partial charge is 0.213 e. The van der Waals surface area contributed by atoms with Gasteiger partial charge in [0.2, 0.25) is 5.13 Å². The molecule has 4 aromatic rings. The average molecular weight is 513 g/mol. The summed E-state index contributed by atoms with van der Waals surface area (Å²) in [5, 5.41) is 11.6. The summed E-state index contributed by atoms with van der Waals surface area (Å²) in [6.45, 7) is 9.85. The van der Waals surface area contributed by atoms with Crippen molar-refractivity contribution in [3.05, 3.63) is 87.9 Å². The minimum Gasteiger partial charge on any atom is -0.494 e. The second kappa shape index (κ2) is 10.3. The van der Waals surface area contributed by atoms with Crippen molar-refractivity contribution in [1.29, 1.82) is 0 Å². The van der Waals surface area contributed by atoms with Crippen molar-refractivity contribution in [2.45, 2.75) is 39.7 Å². The molecule has 0 saturated carbocycles. The molecule has 1 aromatic heterocycles. The van der Waals surface area contributed by atoms with Crippen LogP contribution in [0.3, 0.4) is 0 Å². The minimum atomic E-state index is 0.103. The molecule has 4 rings (SSSR count). The molecule has 0 aliphatic heterocycles. The molecule has 3 aromatic carbocycles. The molecule has 0 fully saturated rings. The molecule has 0 unspecified atom stereocenters. The first kappa shape index (κ1) is 24.5. The monoisotopic (exact) mass is 511 g/mol. The predicted molar refractivity (Wildman–Crippen MR) is 144 cm³/mol. The van der Waals surface area contributed by atoms with Crippen LogP contribution in [-0.4, -0.2) is 16.8 Å². The van der Waals surface area contributed by atoms with E-state index in [0.29, 0.717) is 23.2 Å². The van der Waals surface area contributed by atoms with Gasteiger partial charge in [-0.2, -0.15) is 0 Å². The van der Waals surface area contributed by atoms with Gasteiger partial charge in [-0.05, 0) is 53.8 Å². The fourth-order valence-corrected chi connectivity index (χ4v) is 4.70. The van der Waals surface area contributed by atoms with E-state index >= 15 is 0 Å². The molecule has 4 nitrogen and oxygen atoms in total. The molecular formula is C27H27Cl2N3OS. The van der Waals surface area contributed by atoms with E-state index in [1.54, 1.807) is 0 Å². The van der Waals surface area contributed by atoms with E-state index in [2.05, 4.69) is 60.1 Å². The van der Waals surface area contributed by atoms with Gasteiger partial charge in [-0.3, -0.25) is 0 Å². The van der Waals surface area contributed by atoms with E-state index in [4.69, 9.17) is 27.9 Å². The maximum absolute atomic E-state index is 6.36. The summed E-state index contributed by atoms with van der Waals surface area (Å²) < 4.78 is 5.65. The normalized spacial score (nSPS) is 11.5. The number of halogens is 2. The molecule has 176 valence electrons. The van der Waals surface area contributed by atoms with E-state index in [9.17, 15) is 0 Å². The van der Waals surface area contributed by atoms with Gasteiger partial charge in [0.25, 0.3) is 0 Å². The van der Waals surface area contributed by atoms with Crippen LogP contribution in [-0.2, 0) is 12.0 Å². The molecule has 0 N–H and O–H groups in total. The maximum Gasteiger partial charge on any atom is 0.213 e. The number of hydrogen-bond acceptors (Lipinski definition) is 5. The molecule has 0 bridgehead atoms. The van der Waals surface area contributed by atoms with E-state index in [1.807, 2.05) is 49.4 Å². The summed E-state index contributed by atoms with van der Waals surface area (Å²) in [6, 6.07) is 22.2. The van der Waals surface area contributed by atoms with Crippen LogP contribution in [0.5, 0.6) is 5.75 Å². The Kier molecular flexibility index (Phi) is 7.46. The van der Waals surface area contributed by atoms with E-state index < -0.39 is 0 Å². The lowest BCUT2D eigenvalue weighted by Crippen LogP contribution is -2.17. The lowest BCUT2D eigenvalue weighted by molar-refractivity contribution is 0.340. The largest absolute Gasteiger partial charge is 0.494 e. The van der Waals surface area contributed by atoms with Crippen LogP contribution in [0.1, 0.15) is 38.8 Å². The average Bonchev–Trinajstić information content (AvgIpc) is 3.30. The van der Waals surface area contributed by atoms with Gasteiger partial charge < -0.3 is 9.64 Å². The molecule has 7 heteroatoms.